The van der Waals surface area contributed by atoms with Gasteiger partial charge >= 0.3 is 0 Å². The van der Waals surface area contributed by atoms with Gasteiger partial charge in [-0.15, -0.1) is 10.2 Å². The fourth-order valence-corrected chi connectivity index (χ4v) is 4.47. The molecule has 0 spiro atoms. The van der Waals surface area contributed by atoms with E-state index in [2.05, 4.69) is 48.4 Å². The third-order valence-electron chi connectivity index (χ3n) is 5.00. The SMILES string of the molecule is CCn1c(SCC(=O)Nc2ccc(Cl)cc2Cl)nnc1C(C)Oc1ccc(C(C)(C)C)cc1. The molecule has 0 saturated heterocycles. The van der Waals surface area contributed by atoms with Crippen LogP contribution in [0.3, 0.4) is 0 Å². The van der Waals surface area contributed by atoms with Crippen LogP contribution in [0.15, 0.2) is 47.6 Å². The second-order valence-electron chi connectivity index (χ2n) is 8.58. The van der Waals surface area contributed by atoms with Crippen molar-refractivity contribution >= 4 is 46.6 Å². The van der Waals surface area contributed by atoms with Gasteiger partial charge in [0, 0.05) is 11.6 Å². The maximum atomic E-state index is 12.4. The lowest BCUT2D eigenvalue weighted by Crippen LogP contribution is -2.15. The molecule has 1 unspecified atom stereocenters. The van der Waals surface area contributed by atoms with Crippen molar-refractivity contribution in [3.8, 4) is 5.75 Å². The molecule has 0 saturated carbocycles. The largest absolute Gasteiger partial charge is 0.483 e. The average Bonchev–Trinajstić information content (AvgIpc) is 3.17. The van der Waals surface area contributed by atoms with Crippen molar-refractivity contribution < 1.29 is 9.53 Å². The van der Waals surface area contributed by atoms with Crippen molar-refractivity contribution in [2.24, 2.45) is 0 Å². The Labute approximate surface area is 209 Å². The first-order valence-corrected chi connectivity index (χ1v) is 12.4. The standard InChI is InChI=1S/C24H28Cl2N4O2S/c1-6-30-22(15(2)32-18-10-7-16(8-11-18)24(3,4)5)28-29-23(30)33-14-21(31)27-20-12-9-17(25)13-19(20)26/h7-13,15H,6,14H2,1-5H3,(H,27,31). The van der Waals surface area contributed by atoms with E-state index in [4.69, 9.17) is 27.9 Å². The zero-order valence-corrected chi connectivity index (χ0v) is 21.7. The van der Waals surface area contributed by atoms with E-state index in [-0.39, 0.29) is 23.2 Å². The molecule has 1 heterocycles. The van der Waals surface area contributed by atoms with Crippen LogP contribution in [0.4, 0.5) is 5.69 Å². The second-order valence-corrected chi connectivity index (χ2v) is 10.4. The number of nitrogens with one attached hydrogen (secondary N) is 1. The summed E-state index contributed by atoms with van der Waals surface area (Å²) in [6.07, 6.45) is -0.297. The number of aromatic nitrogens is 3. The number of halogens is 2. The van der Waals surface area contributed by atoms with E-state index in [0.29, 0.717) is 33.3 Å². The van der Waals surface area contributed by atoms with E-state index in [0.717, 1.165) is 5.75 Å². The molecule has 0 fully saturated rings. The lowest BCUT2D eigenvalue weighted by Gasteiger charge is -2.20. The minimum absolute atomic E-state index is 0.0871. The maximum Gasteiger partial charge on any atom is 0.234 e. The quantitative estimate of drug-likeness (QED) is 0.341. The molecule has 33 heavy (non-hydrogen) atoms. The summed E-state index contributed by atoms with van der Waals surface area (Å²) >= 11 is 13.3. The predicted molar refractivity (Wildman–Crippen MR) is 136 cm³/mol. The molecule has 1 aromatic heterocycles. The molecule has 2 aromatic carbocycles. The topological polar surface area (TPSA) is 69.0 Å². The molecule has 9 heteroatoms. The Kier molecular flexibility index (Phi) is 8.32. The van der Waals surface area contributed by atoms with Crippen LogP contribution in [-0.4, -0.2) is 26.4 Å². The number of amides is 1. The molecule has 176 valence electrons. The van der Waals surface area contributed by atoms with Gasteiger partial charge in [0.25, 0.3) is 0 Å². The van der Waals surface area contributed by atoms with Gasteiger partial charge in [-0.3, -0.25) is 4.79 Å². The van der Waals surface area contributed by atoms with Gasteiger partial charge in [0.2, 0.25) is 5.91 Å². The van der Waals surface area contributed by atoms with E-state index >= 15 is 0 Å². The Morgan fingerprint density at radius 1 is 1.15 bits per heavy atom. The molecule has 0 aliphatic carbocycles. The van der Waals surface area contributed by atoms with Crippen LogP contribution in [-0.2, 0) is 16.8 Å². The average molecular weight is 507 g/mol. The van der Waals surface area contributed by atoms with Gasteiger partial charge in [-0.25, -0.2) is 0 Å². The van der Waals surface area contributed by atoms with Crippen LogP contribution in [0.2, 0.25) is 10.0 Å². The van der Waals surface area contributed by atoms with Crippen LogP contribution < -0.4 is 10.1 Å². The van der Waals surface area contributed by atoms with Crippen molar-refractivity contribution in [1.29, 1.82) is 0 Å². The highest BCUT2D eigenvalue weighted by Crippen LogP contribution is 2.29. The van der Waals surface area contributed by atoms with E-state index in [1.54, 1.807) is 18.2 Å². The Morgan fingerprint density at radius 2 is 1.85 bits per heavy atom. The highest BCUT2D eigenvalue weighted by Gasteiger charge is 2.20. The maximum absolute atomic E-state index is 12.4. The van der Waals surface area contributed by atoms with Gasteiger partial charge in [-0.2, -0.15) is 0 Å². The lowest BCUT2D eigenvalue weighted by atomic mass is 9.87. The number of hydrogen-bond acceptors (Lipinski definition) is 5. The van der Waals surface area contributed by atoms with Crippen LogP contribution >= 0.6 is 35.0 Å². The van der Waals surface area contributed by atoms with Gasteiger partial charge in [0.05, 0.1) is 16.5 Å². The molecule has 1 amide bonds. The Hall–Kier alpha value is -2.22. The molecule has 0 aliphatic rings. The number of anilines is 1. The number of rotatable bonds is 8. The molecule has 0 radical (unpaired) electrons. The summed E-state index contributed by atoms with van der Waals surface area (Å²) in [6, 6.07) is 13.1. The number of thioether (sulfide) groups is 1. The summed E-state index contributed by atoms with van der Waals surface area (Å²) in [6.45, 7) is 11.1. The van der Waals surface area contributed by atoms with E-state index < -0.39 is 0 Å². The van der Waals surface area contributed by atoms with Gasteiger partial charge in [-0.05, 0) is 55.2 Å². The molecule has 3 aromatic rings. The Bertz CT molecular complexity index is 1110. The molecule has 3 rings (SSSR count). The first-order valence-electron chi connectivity index (χ1n) is 10.7. The highest BCUT2D eigenvalue weighted by molar-refractivity contribution is 7.99. The Balaban J connectivity index is 1.63. The normalized spacial score (nSPS) is 12.5. The number of hydrogen-bond donors (Lipinski definition) is 1. The monoisotopic (exact) mass is 506 g/mol. The van der Waals surface area contributed by atoms with E-state index in [9.17, 15) is 4.79 Å². The number of benzene rings is 2. The minimum atomic E-state index is -0.297. The fourth-order valence-electron chi connectivity index (χ4n) is 3.20. The summed E-state index contributed by atoms with van der Waals surface area (Å²) < 4.78 is 8.07. The molecule has 6 nitrogen and oxygen atoms in total. The molecular weight excluding hydrogens is 479 g/mol. The summed E-state index contributed by atoms with van der Waals surface area (Å²) in [5, 5.41) is 12.9. The molecule has 1 atom stereocenters. The number of ether oxygens (including phenoxy) is 1. The van der Waals surface area contributed by atoms with Crippen molar-refractivity contribution in [2.45, 2.75) is 57.8 Å². The third-order valence-corrected chi connectivity index (χ3v) is 6.51. The van der Waals surface area contributed by atoms with Crippen molar-refractivity contribution in [2.75, 3.05) is 11.1 Å². The van der Waals surface area contributed by atoms with Gasteiger partial charge < -0.3 is 14.6 Å². The predicted octanol–water partition coefficient (Wildman–Crippen LogP) is 6.77. The highest BCUT2D eigenvalue weighted by atomic mass is 35.5. The molecule has 0 aliphatic heterocycles. The number of nitrogens with zero attached hydrogens (tertiary/aromatic N) is 3. The summed E-state index contributed by atoms with van der Waals surface area (Å²) in [7, 11) is 0. The van der Waals surface area contributed by atoms with E-state index in [1.165, 1.54) is 17.3 Å². The van der Waals surface area contributed by atoms with Crippen molar-refractivity contribution in [3.63, 3.8) is 0 Å². The molecule has 0 bridgehead atoms. The van der Waals surface area contributed by atoms with Crippen LogP contribution in [0.1, 0.15) is 52.1 Å². The van der Waals surface area contributed by atoms with Crippen molar-refractivity contribution in [1.82, 2.24) is 14.8 Å². The fraction of sp³-hybridized carbons (Fsp3) is 0.375. The van der Waals surface area contributed by atoms with Gasteiger partial charge in [-0.1, -0.05) is 67.9 Å². The molecular formula is C24H28Cl2N4O2S. The summed E-state index contributed by atoms with van der Waals surface area (Å²) in [5.74, 6) is 1.45. The van der Waals surface area contributed by atoms with Crippen LogP contribution in [0, 0.1) is 0 Å². The summed E-state index contributed by atoms with van der Waals surface area (Å²) in [5.41, 5.74) is 1.85. The smallest absolute Gasteiger partial charge is 0.234 e. The van der Waals surface area contributed by atoms with Crippen LogP contribution in [0.25, 0.3) is 0 Å². The van der Waals surface area contributed by atoms with E-state index in [1.807, 2.05) is 30.5 Å². The Morgan fingerprint density at radius 3 is 2.45 bits per heavy atom. The molecule has 1 N–H and O–H groups in total. The zero-order valence-electron chi connectivity index (χ0n) is 19.4. The van der Waals surface area contributed by atoms with Gasteiger partial charge in [0.1, 0.15) is 5.75 Å². The number of carbonyl (C=O) groups is 1. The van der Waals surface area contributed by atoms with Gasteiger partial charge in [0.15, 0.2) is 17.1 Å². The zero-order chi connectivity index (χ0) is 24.2. The minimum Gasteiger partial charge on any atom is -0.483 e. The first kappa shape index (κ1) is 25.4. The second kappa shape index (κ2) is 10.8. The summed E-state index contributed by atoms with van der Waals surface area (Å²) in [4.78, 5) is 12.4. The van der Waals surface area contributed by atoms with Crippen molar-refractivity contribution in [3.05, 3.63) is 63.9 Å². The van der Waals surface area contributed by atoms with Crippen LogP contribution in [0.5, 0.6) is 5.75 Å². The number of carbonyl (C=O) groups excluding carboxylic acids is 1. The lowest BCUT2D eigenvalue weighted by molar-refractivity contribution is -0.113. The third kappa shape index (κ3) is 6.65. The first-order chi connectivity index (χ1) is 15.6.